The fraction of sp³-hybridized carbons (Fsp3) is 0.320. The molecule has 0 spiro atoms. The summed E-state index contributed by atoms with van der Waals surface area (Å²) in [6.45, 7) is 0.716. The second kappa shape index (κ2) is 9.09. The Bertz CT molecular complexity index is 1400. The van der Waals surface area contributed by atoms with E-state index < -0.39 is 5.82 Å². The molecule has 1 unspecified atom stereocenters. The van der Waals surface area contributed by atoms with Crippen LogP contribution in [-0.4, -0.2) is 32.1 Å². The highest BCUT2D eigenvalue weighted by Gasteiger charge is 2.23. The highest BCUT2D eigenvalue weighted by molar-refractivity contribution is 6.35. The lowest BCUT2D eigenvalue weighted by Gasteiger charge is -2.26. The number of anilines is 1. The lowest BCUT2D eigenvalue weighted by atomic mass is 9.86. The minimum atomic E-state index is -0.600. The zero-order valence-corrected chi connectivity index (χ0v) is 19.6. The number of aromatic nitrogens is 4. The third-order valence-corrected chi connectivity index (χ3v) is 6.78. The summed E-state index contributed by atoms with van der Waals surface area (Å²) in [6.07, 6.45) is 6.20. The number of hydrogen-bond acceptors (Lipinski definition) is 5. The van der Waals surface area contributed by atoms with Crippen LogP contribution in [0.25, 0.3) is 27.8 Å². The van der Waals surface area contributed by atoms with Gasteiger partial charge in [0.1, 0.15) is 16.9 Å². The van der Waals surface area contributed by atoms with E-state index in [9.17, 15) is 4.39 Å². The first-order valence-corrected chi connectivity index (χ1v) is 11.7. The monoisotopic (exact) mass is 477 g/mol. The van der Waals surface area contributed by atoms with Crippen molar-refractivity contribution in [3.05, 3.63) is 59.0 Å². The molecule has 0 aliphatic heterocycles. The van der Waals surface area contributed by atoms with Gasteiger partial charge in [-0.15, -0.1) is 5.10 Å². The molecule has 9 heteroatoms. The van der Waals surface area contributed by atoms with Crippen molar-refractivity contribution in [1.82, 2.24) is 19.6 Å². The van der Waals surface area contributed by atoms with Gasteiger partial charge in [0, 0.05) is 36.8 Å². The fourth-order valence-corrected chi connectivity index (χ4v) is 5.02. The molecule has 0 saturated heterocycles. The van der Waals surface area contributed by atoms with Crippen LogP contribution in [0.1, 0.15) is 31.2 Å². The van der Waals surface area contributed by atoms with Crippen LogP contribution >= 0.6 is 11.6 Å². The number of aryl methyl sites for hydroxylation is 1. The van der Waals surface area contributed by atoms with Crippen LogP contribution in [0, 0.1) is 23.1 Å². The van der Waals surface area contributed by atoms with Gasteiger partial charge in [-0.05, 0) is 55.5 Å². The summed E-state index contributed by atoms with van der Waals surface area (Å²) in [5.74, 6) is 0.386. The first-order valence-electron chi connectivity index (χ1n) is 11.3. The number of benzene rings is 2. The fourth-order valence-electron chi connectivity index (χ4n) is 4.73. The predicted molar refractivity (Wildman–Crippen MR) is 131 cm³/mol. The Balaban J connectivity index is 1.57. The number of fused-ring (bicyclic) bond motifs is 1. The van der Waals surface area contributed by atoms with Crippen molar-refractivity contribution in [1.29, 1.82) is 5.26 Å². The van der Waals surface area contributed by atoms with Crippen LogP contribution in [0.4, 0.5) is 10.2 Å². The van der Waals surface area contributed by atoms with Gasteiger partial charge in [0.2, 0.25) is 0 Å². The normalized spacial score (nSPS) is 18.2. The van der Waals surface area contributed by atoms with Gasteiger partial charge in [-0.3, -0.25) is 4.68 Å². The molecule has 2 atom stereocenters. The van der Waals surface area contributed by atoms with E-state index >= 15 is 0 Å². The predicted octanol–water partition coefficient (Wildman–Crippen LogP) is 5.02. The highest BCUT2D eigenvalue weighted by Crippen LogP contribution is 2.37. The molecule has 0 amide bonds. The number of nitrogens with two attached hydrogens (primary N) is 1. The maximum absolute atomic E-state index is 14.5. The largest absolute Gasteiger partial charge is 0.367 e. The van der Waals surface area contributed by atoms with Crippen molar-refractivity contribution in [2.75, 3.05) is 11.9 Å². The molecule has 3 N–H and O–H groups in total. The molecule has 34 heavy (non-hydrogen) atoms. The summed E-state index contributed by atoms with van der Waals surface area (Å²) in [5, 5.41) is 23.1. The summed E-state index contributed by atoms with van der Waals surface area (Å²) >= 11 is 6.83. The van der Waals surface area contributed by atoms with Gasteiger partial charge in [0.05, 0.1) is 22.5 Å². The van der Waals surface area contributed by atoms with E-state index in [4.69, 9.17) is 27.7 Å². The Morgan fingerprint density at radius 1 is 1.24 bits per heavy atom. The first kappa shape index (κ1) is 22.4. The molecule has 2 aromatic heterocycles. The van der Waals surface area contributed by atoms with Gasteiger partial charge in [-0.1, -0.05) is 24.1 Å². The van der Waals surface area contributed by atoms with Crippen LogP contribution in [0.15, 0.2) is 42.6 Å². The van der Waals surface area contributed by atoms with Crippen LogP contribution in [0.2, 0.25) is 5.02 Å². The summed E-state index contributed by atoms with van der Waals surface area (Å²) in [6, 6.07) is 12.4. The third-order valence-electron chi connectivity index (χ3n) is 6.42. The standard InChI is InChI=1S/C25H25ClFN7/c1-33-14-18-10-20(7-8-22(18)31-33)34-24(16-5-6-17(12-28)21(27)11-16)23(26)25(32-34)30-13-15-3-2-4-19(29)9-15/h5-8,10-11,14-15,19H,2-4,9,13,29H2,1H3,(H,30,32)/t15?,19-/m0/s1. The number of nitrogens with zero attached hydrogens (tertiary/aromatic N) is 5. The molecule has 1 aliphatic rings. The number of rotatable bonds is 5. The second-order valence-electron chi connectivity index (χ2n) is 8.95. The van der Waals surface area contributed by atoms with Crippen molar-refractivity contribution in [2.24, 2.45) is 18.7 Å². The molecule has 7 nitrogen and oxygen atoms in total. The molecule has 1 fully saturated rings. The van der Waals surface area contributed by atoms with Gasteiger partial charge >= 0.3 is 0 Å². The Morgan fingerprint density at radius 3 is 2.85 bits per heavy atom. The average molecular weight is 478 g/mol. The molecule has 4 aromatic rings. The zero-order chi connectivity index (χ0) is 23.8. The molecule has 2 heterocycles. The highest BCUT2D eigenvalue weighted by atomic mass is 35.5. The van der Waals surface area contributed by atoms with Gasteiger partial charge in [0.25, 0.3) is 0 Å². The first-order chi connectivity index (χ1) is 16.4. The van der Waals surface area contributed by atoms with E-state index in [-0.39, 0.29) is 11.6 Å². The van der Waals surface area contributed by atoms with E-state index in [0.29, 0.717) is 34.6 Å². The summed E-state index contributed by atoms with van der Waals surface area (Å²) in [4.78, 5) is 0. The lowest BCUT2D eigenvalue weighted by molar-refractivity contribution is 0.335. The number of hydrogen-bond donors (Lipinski definition) is 2. The molecule has 1 aliphatic carbocycles. The topological polar surface area (TPSA) is 97.5 Å². The van der Waals surface area contributed by atoms with Gasteiger partial charge in [-0.25, -0.2) is 9.07 Å². The Morgan fingerprint density at radius 2 is 2.09 bits per heavy atom. The Labute approximate surface area is 201 Å². The van der Waals surface area contributed by atoms with E-state index in [2.05, 4.69) is 10.4 Å². The molecule has 174 valence electrons. The Kier molecular flexibility index (Phi) is 5.98. The smallest absolute Gasteiger partial charge is 0.168 e. The average Bonchev–Trinajstić information content (AvgIpc) is 3.35. The van der Waals surface area contributed by atoms with Crippen molar-refractivity contribution >= 4 is 28.3 Å². The van der Waals surface area contributed by atoms with Crippen molar-refractivity contribution in [3.8, 4) is 23.0 Å². The van der Waals surface area contributed by atoms with Crippen molar-refractivity contribution in [3.63, 3.8) is 0 Å². The minimum Gasteiger partial charge on any atom is -0.367 e. The van der Waals surface area contributed by atoms with Gasteiger partial charge < -0.3 is 11.1 Å². The van der Waals surface area contributed by atoms with Gasteiger partial charge in [0.15, 0.2) is 5.82 Å². The molecule has 2 aromatic carbocycles. The number of nitriles is 1. The van der Waals surface area contributed by atoms with E-state index in [1.165, 1.54) is 12.1 Å². The minimum absolute atomic E-state index is 0.0188. The van der Waals surface area contributed by atoms with Crippen LogP contribution in [0.3, 0.4) is 0 Å². The summed E-state index contributed by atoms with van der Waals surface area (Å²) in [5.41, 5.74) is 8.86. The van der Waals surface area contributed by atoms with Crippen LogP contribution < -0.4 is 11.1 Å². The van der Waals surface area contributed by atoms with E-state index in [0.717, 1.165) is 42.3 Å². The van der Waals surface area contributed by atoms with Crippen molar-refractivity contribution < 1.29 is 4.39 Å². The number of halogens is 2. The van der Waals surface area contributed by atoms with Crippen LogP contribution in [-0.2, 0) is 7.05 Å². The summed E-state index contributed by atoms with van der Waals surface area (Å²) in [7, 11) is 1.87. The second-order valence-corrected chi connectivity index (χ2v) is 9.33. The molecule has 0 bridgehead atoms. The van der Waals surface area contributed by atoms with Crippen molar-refractivity contribution in [2.45, 2.75) is 31.7 Å². The maximum Gasteiger partial charge on any atom is 0.168 e. The maximum atomic E-state index is 14.5. The molecular weight excluding hydrogens is 453 g/mol. The molecule has 0 radical (unpaired) electrons. The zero-order valence-electron chi connectivity index (χ0n) is 18.8. The SMILES string of the molecule is Cn1cc2cc(-n3nc(NCC4CCC[C@H](N)C4)c(Cl)c3-c3ccc(C#N)c(F)c3)ccc2n1. The summed E-state index contributed by atoms with van der Waals surface area (Å²) < 4.78 is 18.0. The quantitative estimate of drug-likeness (QED) is 0.420. The third kappa shape index (κ3) is 4.25. The molecule has 1 saturated carbocycles. The van der Waals surface area contributed by atoms with E-state index in [1.807, 2.05) is 37.5 Å². The van der Waals surface area contributed by atoms with E-state index in [1.54, 1.807) is 15.4 Å². The lowest BCUT2D eigenvalue weighted by Crippen LogP contribution is -2.31. The molecular formula is C25H25ClFN7. The van der Waals surface area contributed by atoms with Gasteiger partial charge in [-0.2, -0.15) is 10.4 Å². The van der Waals surface area contributed by atoms with Crippen LogP contribution in [0.5, 0.6) is 0 Å². The number of nitrogens with one attached hydrogen (secondary N) is 1. The molecule has 5 rings (SSSR count). The Hall–Kier alpha value is -3.41.